The van der Waals surface area contributed by atoms with Crippen LogP contribution in [0.1, 0.15) is 13.3 Å². The number of nitrogens with two attached hydrogens (primary N) is 1. The third-order valence-corrected chi connectivity index (χ3v) is 6.11. The molecule has 0 spiro atoms. The van der Waals surface area contributed by atoms with Crippen molar-refractivity contribution in [3.8, 4) is 11.1 Å². The number of aromatic nitrogens is 2. The Kier molecular flexibility index (Phi) is 6.71. The quantitative estimate of drug-likeness (QED) is 0.252. The number of benzene rings is 1. The van der Waals surface area contributed by atoms with Crippen molar-refractivity contribution in [1.82, 2.24) is 15.0 Å². The normalized spacial score (nSPS) is 12.2. The van der Waals surface area contributed by atoms with Gasteiger partial charge in [0, 0.05) is 31.2 Å². The van der Waals surface area contributed by atoms with Crippen molar-refractivity contribution in [2.75, 3.05) is 26.1 Å². The molecule has 1 atom stereocenters. The van der Waals surface area contributed by atoms with E-state index in [0.29, 0.717) is 28.5 Å². The molecular weight excluding hydrogens is 396 g/mol. The van der Waals surface area contributed by atoms with Gasteiger partial charge in [0.15, 0.2) is 5.16 Å². The Morgan fingerprint density at radius 3 is 2.86 bits per heavy atom. The average Bonchev–Trinajstić information content (AvgIpc) is 3.13. The molecule has 3 aromatic rings. The highest BCUT2D eigenvalue weighted by Crippen LogP contribution is 2.32. The van der Waals surface area contributed by atoms with Gasteiger partial charge in [-0.15, -0.1) is 11.3 Å². The minimum Gasteiger partial charge on any atom is -0.385 e. The molecule has 1 amide bonds. The Labute approximate surface area is 170 Å². The Hall–Kier alpha value is -2.36. The summed E-state index contributed by atoms with van der Waals surface area (Å²) in [5.41, 5.74) is 1.44. The molecule has 0 aliphatic carbocycles. The van der Waals surface area contributed by atoms with Crippen molar-refractivity contribution in [3.63, 3.8) is 0 Å². The van der Waals surface area contributed by atoms with Crippen LogP contribution >= 0.6 is 23.1 Å². The summed E-state index contributed by atoms with van der Waals surface area (Å²) >= 11 is 2.56. The molecule has 0 bridgehead atoms. The molecule has 0 saturated carbocycles. The second kappa shape index (κ2) is 9.22. The van der Waals surface area contributed by atoms with Gasteiger partial charge >= 0.3 is 0 Å². The third kappa shape index (κ3) is 4.37. The Morgan fingerprint density at radius 2 is 2.14 bits per heavy atom. The number of fused-ring (bicyclic) bond motifs is 1. The van der Waals surface area contributed by atoms with Gasteiger partial charge in [-0.1, -0.05) is 42.1 Å². The Morgan fingerprint density at radius 1 is 1.39 bits per heavy atom. The second-order valence-electron chi connectivity index (χ2n) is 6.16. The highest BCUT2D eigenvalue weighted by atomic mass is 32.2. The summed E-state index contributed by atoms with van der Waals surface area (Å²) in [4.78, 5) is 30.3. The number of methoxy groups -OCH3 is 1. The zero-order valence-electron chi connectivity index (χ0n) is 15.7. The molecule has 2 heterocycles. The van der Waals surface area contributed by atoms with Gasteiger partial charge in [0.1, 0.15) is 4.83 Å². The van der Waals surface area contributed by atoms with Crippen molar-refractivity contribution in [2.24, 2.45) is 0 Å². The van der Waals surface area contributed by atoms with Gasteiger partial charge in [-0.2, -0.15) is 0 Å². The van der Waals surface area contributed by atoms with Gasteiger partial charge in [-0.3, -0.25) is 9.59 Å². The van der Waals surface area contributed by atoms with Gasteiger partial charge < -0.3 is 15.9 Å². The van der Waals surface area contributed by atoms with Crippen molar-refractivity contribution in [3.05, 3.63) is 46.1 Å². The van der Waals surface area contributed by atoms with Crippen molar-refractivity contribution < 1.29 is 9.53 Å². The van der Waals surface area contributed by atoms with Crippen LogP contribution in [0, 0.1) is 0 Å². The molecule has 3 rings (SSSR count). The number of rotatable bonds is 8. The molecule has 28 heavy (non-hydrogen) atoms. The van der Waals surface area contributed by atoms with Crippen molar-refractivity contribution >= 4 is 39.2 Å². The number of nitrogens with zero attached hydrogens (tertiary/aromatic N) is 2. The smallest absolute Gasteiger partial charge is 0.282 e. The van der Waals surface area contributed by atoms with Crippen LogP contribution in [-0.2, 0) is 9.53 Å². The van der Waals surface area contributed by atoms with E-state index in [2.05, 4.69) is 10.3 Å². The van der Waals surface area contributed by atoms with E-state index in [0.717, 1.165) is 22.2 Å². The van der Waals surface area contributed by atoms with Crippen molar-refractivity contribution in [2.45, 2.75) is 23.8 Å². The van der Waals surface area contributed by atoms with E-state index in [1.54, 1.807) is 14.0 Å². The maximum Gasteiger partial charge on any atom is 0.282 e. The summed E-state index contributed by atoms with van der Waals surface area (Å²) in [6.07, 6.45) is 0.739. The second-order valence-corrected chi connectivity index (χ2v) is 8.33. The highest BCUT2D eigenvalue weighted by molar-refractivity contribution is 8.00. The molecule has 0 aliphatic rings. The molecule has 0 aliphatic heterocycles. The lowest BCUT2D eigenvalue weighted by molar-refractivity contribution is -0.120. The monoisotopic (exact) mass is 418 g/mol. The van der Waals surface area contributed by atoms with Crippen LogP contribution in [-0.4, -0.2) is 41.1 Å². The lowest BCUT2D eigenvalue weighted by atomic mass is 10.1. The molecule has 9 heteroatoms. The van der Waals surface area contributed by atoms with Gasteiger partial charge in [-0.25, -0.2) is 9.66 Å². The van der Waals surface area contributed by atoms with Crippen LogP contribution in [0.25, 0.3) is 21.3 Å². The number of nitrogen functional groups attached to an aromatic ring is 1. The summed E-state index contributed by atoms with van der Waals surface area (Å²) in [6, 6.07) is 9.66. The minimum absolute atomic E-state index is 0.133. The van der Waals surface area contributed by atoms with Crippen molar-refractivity contribution in [1.29, 1.82) is 0 Å². The Bertz CT molecular complexity index is 1020. The number of hydrogen-bond acceptors (Lipinski definition) is 7. The van der Waals surface area contributed by atoms with E-state index in [9.17, 15) is 9.59 Å². The molecule has 0 radical (unpaired) electrons. The van der Waals surface area contributed by atoms with Crippen LogP contribution in [0.2, 0.25) is 0 Å². The summed E-state index contributed by atoms with van der Waals surface area (Å²) in [5.74, 6) is 5.89. The molecular formula is C19H22N4O3S2. The number of thioether (sulfide) groups is 1. The summed E-state index contributed by atoms with van der Waals surface area (Å²) in [6.45, 7) is 2.88. The van der Waals surface area contributed by atoms with Gasteiger partial charge in [0.25, 0.3) is 5.56 Å². The predicted molar refractivity (Wildman–Crippen MR) is 114 cm³/mol. The first-order valence-corrected chi connectivity index (χ1v) is 10.6. The van der Waals surface area contributed by atoms with Gasteiger partial charge in [0.2, 0.25) is 5.91 Å². The summed E-state index contributed by atoms with van der Waals surface area (Å²) in [7, 11) is 1.62. The fourth-order valence-corrected chi connectivity index (χ4v) is 4.52. The molecule has 0 saturated heterocycles. The van der Waals surface area contributed by atoms with E-state index in [1.165, 1.54) is 23.1 Å². The van der Waals surface area contributed by atoms with E-state index >= 15 is 0 Å². The maximum absolute atomic E-state index is 12.9. The number of carbonyl (C=O) groups is 1. The van der Waals surface area contributed by atoms with Crippen LogP contribution in [0.15, 0.2) is 45.7 Å². The lowest BCUT2D eigenvalue weighted by Crippen LogP contribution is -2.34. The van der Waals surface area contributed by atoms with Crippen LogP contribution in [0.5, 0.6) is 0 Å². The molecule has 3 N–H and O–H groups in total. The maximum atomic E-state index is 12.9. The number of nitrogens with one attached hydrogen (secondary N) is 1. The summed E-state index contributed by atoms with van der Waals surface area (Å²) < 4.78 is 5.99. The van der Waals surface area contributed by atoms with E-state index < -0.39 is 5.25 Å². The number of amides is 1. The third-order valence-electron chi connectivity index (χ3n) is 4.17. The van der Waals surface area contributed by atoms with Gasteiger partial charge in [0.05, 0.1) is 10.6 Å². The molecule has 2 aromatic heterocycles. The molecule has 0 fully saturated rings. The van der Waals surface area contributed by atoms with Crippen LogP contribution in [0.3, 0.4) is 0 Å². The van der Waals surface area contributed by atoms with E-state index in [-0.39, 0.29) is 11.5 Å². The fourth-order valence-electron chi connectivity index (χ4n) is 2.68. The highest BCUT2D eigenvalue weighted by Gasteiger charge is 2.20. The number of thiophene rings is 1. The summed E-state index contributed by atoms with van der Waals surface area (Å²) in [5, 5.41) is 5.14. The lowest BCUT2D eigenvalue weighted by Gasteiger charge is -2.13. The predicted octanol–water partition coefficient (Wildman–Crippen LogP) is 2.47. The first kappa shape index (κ1) is 20.4. The zero-order chi connectivity index (χ0) is 20.1. The number of ether oxygens (including phenoxy) is 1. The van der Waals surface area contributed by atoms with Crippen LogP contribution in [0.4, 0.5) is 0 Å². The molecule has 148 valence electrons. The van der Waals surface area contributed by atoms with Gasteiger partial charge in [-0.05, 0) is 18.9 Å². The average molecular weight is 419 g/mol. The minimum atomic E-state index is -0.435. The largest absolute Gasteiger partial charge is 0.385 e. The topological polar surface area (TPSA) is 99.2 Å². The zero-order valence-corrected chi connectivity index (χ0v) is 17.3. The number of hydrogen-bond donors (Lipinski definition) is 2. The standard InChI is InChI=1S/C19H22N4O3S2/c1-12(16(24)21-9-6-10-26-2)28-19-22-17-15(18(25)23(19)20)14(11-27-17)13-7-4-3-5-8-13/h3-5,7-8,11-12H,6,9-10,20H2,1-2H3,(H,21,24). The SMILES string of the molecule is COCCCNC(=O)C(C)Sc1nc2scc(-c3ccccc3)c2c(=O)n1N. The van der Waals surface area contributed by atoms with E-state index in [4.69, 9.17) is 10.6 Å². The van der Waals surface area contributed by atoms with E-state index in [1.807, 2.05) is 35.7 Å². The fraction of sp³-hybridized carbons (Fsp3) is 0.316. The van der Waals surface area contributed by atoms with Crippen LogP contribution < -0.4 is 16.7 Å². The number of carbonyl (C=O) groups excluding carboxylic acids is 1. The first-order chi connectivity index (χ1) is 13.5. The molecule has 1 aromatic carbocycles. The molecule has 1 unspecified atom stereocenters. The first-order valence-electron chi connectivity index (χ1n) is 8.81. The molecule has 7 nitrogen and oxygen atoms in total. The Balaban J connectivity index is 1.83.